The summed E-state index contributed by atoms with van der Waals surface area (Å²) in [5.74, 6) is -0.580. The van der Waals surface area contributed by atoms with Gasteiger partial charge < -0.3 is 10.6 Å². The van der Waals surface area contributed by atoms with Crippen LogP contribution < -0.4 is 15.4 Å². The molecular weight excluding hydrogens is 414 g/mol. The molecule has 0 aromatic heterocycles. The van der Waals surface area contributed by atoms with Crippen LogP contribution in [0.2, 0.25) is 5.02 Å². The highest BCUT2D eigenvalue weighted by molar-refractivity contribution is 7.89. The summed E-state index contributed by atoms with van der Waals surface area (Å²) >= 11 is 5.77. The van der Waals surface area contributed by atoms with Gasteiger partial charge in [-0.05, 0) is 55.3 Å². The van der Waals surface area contributed by atoms with Crippen LogP contribution in [0, 0.1) is 13.8 Å². The fourth-order valence-corrected chi connectivity index (χ4v) is 4.03. The van der Waals surface area contributed by atoms with Crippen LogP contribution in [0.15, 0.2) is 47.4 Å². The maximum atomic E-state index is 12.4. The van der Waals surface area contributed by atoms with Crippen molar-refractivity contribution in [3.63, 3.8) is 0 Å². The van der Waals surface area contributed by atoms with Crippen molar-refractivity contribution in [3.05, 3.63) is 64.2 Å². The van der Waals surface area contributed by atoms with Gasteiger partial charge in [-0.1, -0.05) is 23.7 Å². The first kappa shape index (κ1) is 22.9. The third-order valence-corrected chi connectivity index (χ3v) is 5.97. The Kier molecular flexibility index (Phi) is 8.19. The number of carbonyl (C=O) groups is 2. The Morgan fingerprint density at radius 1 is 0.931 bits per heavy atom. The van der Waals surface area contributed by atoms with Gasteiger partial charge in [-0.2, -0.15) is 0 Å². The number of amides is 2. The van der Waals surface area contributed by atoms with Crippen molar-refractivity contribution in [2.75, 3.05) is 19.6 Å². The number of rotatable bonds is 9. The first-order valence-corrected chi connectivity index (χ1v) is 10.9. The fourth-order valence-electron chi connectivity index (χ4n) is 2.54. The van der Waals surface area contributed by atoms with Crippen molar-refractivity contribution in [1.82, 2.24) is 15.4 Å². The van der Waals surface area contributed by atoms with Gasteiger partial charge in [-0.25, -0.2) is 13.1 Å². The Balaban J connectivity index is 1.69. The molecule has 7 nitrogen and oxygen atoms in total. The summed E-state index contributed by atoms with van der Waals surface area (Å²) in [6.45, 7) is 3.94. The molecule has 2 amide bonds. The SMILES string of the molecule is Cc1ccc(C)c(S(=O)(=O)NCCNC(=O)CCNC(=O)c2ccc(Cl)cc2)c1. The van der Waals surface area contributed by atoms with E-state index in [1.165, 1.54) is 0 Å². The zero-order valence-corrected chi connectivity index (χ0v) is 17.9. The molecule has 0 atom stereocenters. The smallest absolute Gasteiger partial charge is 0.251 e. The van der Waals surface area contributed by atoms with E-state index >= 15 is 0 Å². The van der Waals surface area contributed by atoms with Crippen LogP contribution in [0.4, 0.5) is 0 Å². The van der Waals surface area contributed by atoms with Gasteiger partial charge in [0.25, 0.3) is 5.91 Å². The maximum Gasteiger partial charge on any atom is 0.251 e. The molecule has 9 heteroatoms. The predicted octanol–water partition coefficient (Wildman–Crippen LogP) is 2.17. The maximum absolute atomic E-state index is 12.4. The van der Waals surface area contributed by atoms with Crippen molar-refractivity contribution in [2.24, 2.45) is 0 Å². The lowest BCUT2D eigenvalue weighted by molar-refractivity contribution is -0.120. The van der Waals surface area contributed by atoms with Crippen molar-refractivity contribution < 1.29 is 18.0 Å². The lowest BCUT2D eigenvalue weighted by Gasteiger charge is -2.11. The molecule has 0 heterocycles. The summed E-state index contributed by atoms with van der Waals surface area (Å²) in [5.41, 5.74) is 1.96. The number of hydrogen-bond acceptors (Lipinski definition) is 4. The van der Waals surface area contributed by atoms with Crippen LogP contribution in [0.1, 0.15) is 27.9 Å². The van der Waals surface area contributed by atoms with Gasteiger partial charge in [0, 0.05) is 36.6 Å². The second-order valence-electron chi connectivity index (χ2n) is 6.53. The summed E-state index contributed by atoms with van der Waals surface area (Å²) in [4.78, 5) is 24.0. The Bertz CT molecular complexity index is 976. The highest BCUT2D eigenvalue weighted by Crippen LogP contribution is 2.16. The van der Waals surface area contributed by atoms with Crippen molar-refractivity contribution >= 4 is 33.4 Å². The second-order valence-corrected chi connectivity index (χ2v) is 8.70. The van der Waals surface area contributed by atoms with Crippen LogP contribution in [-0.4, -0.2) is 39.9 Å². The third kappa shape index (κ3) is 7.16. The van der Waals surface area contributed by atoms with Gasteiger partial charge >= 0.3 is 0 Å². The second kappa shape index (κ2) is 10.4. The number of nitrogens with one attached hydrogen (secondary N) is 3. The minimum Gasteiger partial charge on any atom is -0.355 e. The number of aryl methyl sites for hydroxylation is 2. The first-order chi connectivity index (χ1) is 13.7. The number of sulfonamides is 1. The largest absolute Gasteiger partial charge is 0.355 e. The highest BCUT2D eigenvalue weighted by atomic mass is 35.5. The third-order valence-electron chi connectivity index (χ3n) is 4.12. The van der Waals surface area contributed by atoms with Crippen molar-refractivity contribution in [3.8, 4) is 0 Å². The molecule has 0 saturated heterocycles. The number of halogens is 1. The predicted molar refractivity (Wildman–Crippen MR) is 113 cm³/mol. The monoisotopic (exact) mass is 437 g/mol. The number of carbonyl (C=O) groups excluding carboxylic acids is 2. The lowest BCUT2D eigenvalue weighted by atomic mass is 10.2. The molecule has 0 fully saturated rings. The zero-order chi connectivity index (χ0) is 21.4. The Morgan fingerprint density at radius 2 is 1.62 bits per heavy atom. The quantitative estimate of drug-likeness (QED) is 0.523. The van der Waals surface area contributed by atoms with E-state index in [1.54, 1.807) is 43.3 Å². The van der Waals surface area contributed by atoms with Gasteiger partial charge in [0.1, 0.15) is 0 Å². The average molecular weight is 438 g/mol. The average Bonchev–Trinajstić information content (AvgIpc) is 2.67. The summed E-state index contributed by atoms with van der Waals surface area (Å²) in [5, 5.41) is 5.80. The summed E-state index contributed by atoms with van der Waals surface area (Å²) in [6, 6.07) is 11.6. The van der Waals surface area contributed by atoms with E-state index < -0.39 is 10.0 Å². The van der Waals surface area contributed by atoms with Crippen LogP contribution in [0.5, 0.6) is 0 Å². The highest BCUT2D eigenvalue weighted by Gasteiger charge is 2.16. The summed E-state index contributed by atoms with van der Waals surface area (Å²) in [6.07, 6.45) is 0.0864. The van der Waals surface area contributed by atoms with E-state index in [4.69, 9.17) is 11.6 Å². The Labute approximate surface area is 175 Å². The molecule has 0 radical (unpaired) electrons. The van der Waals surface area contributed by atoms with E-state index in [2.05, 4.69) is 15.4 Å². The Morgan fingerprint density at radius 3 is 2.31 bits per heavy atom. The molecule has 0 aliphatic rings. The molecule has 0 aliphatic carbocycles. The molecule has 0 bridgehead atoms. The molecule has 0 unspecified atom stereocenters. The molecule has 29 heavy (non-hydrogen) atoms. The van der Waals surface area contributed by atoms with E-state index in [-0.39, 0.29) is 42.8 Å². The van der Waals surface area contributed by atoms with Gasteiger partial charge in [-0.15, -0.1) is 0 Å². The molecule has 0 spiro atoms. The molecule has 0 saturated carbocycles. The summed E-state index contributed by atoms with van der Waals surface area (Å²) in [7, 11) is -3.64. The molecular formula is C20H24ClN3O4S. The minimum atomic E-state index is -3.64. The van der Waals surface area contributed by atoms with E-state index in [0.717, 1.165) is 5.56 Å². The van der Waals surface area contributed by atoms with E-state index in [1.807, 2.05) is 13.0 Å². The van der Waals surface area contributed by atoms with E-state index in [9.17, 15) is 18.0 Å². The van der Waals surface area contributed by atoms with Crippen LogP contribution >= 0.6 is 11.6 Å². The van der Waals surface area contributed by atoms with Crippen LogP contribution in [0.25, 0.3) is 0 Å². The minimum absolute atomic E-state index is 0.0680. The Hall–Kier alpha value is -2.42. The molecule has 2 aromatic carbocycles. The molecule has 0 aliphatic heterocycles. The lowest BCUT2D eigenvalue weighted by Crippen LogP contribution is -2.36. The zero-order valence-electron chi connectivity index (χ0n) is 16.3. The first-order valence-electron chi connectivity index (χ1n) is 9.06. The van der Waals surface area contributed by atoms with E-state index in [0.29, 0.717) is 16.1 Å². The molecule has 2 rings (SSSR count). The van der Waals surface area contributed by atoms with Gasteiger partial charge in [-0.3, -0.25) is 9.59 Å². The fraction of sp³-hybridized carbons (Fsp3) is 0.300. The van der Waals surface area contributed by atoms with Gasteiger partial charge in [0.2, 0.25) is 15.9 Å². The van der Waals surface area contributed by atoms with Crippen molar-refractivity contribution in [2.45, 2.75) is 25.2 Å². The molecule has 3 N–H and O–H groups in total. The number of hydrogen-bond donors (Lipinski definition) is 3. The normalized spacial score (nSPS) is 11.1. The standard InChI is InChI=1S/C20H24ClN3O4S/c1-14-3-4-15(2)18(13-14)29(27,28)24-12-11-22-19(25)9-10-23-20(26)16-5-7-17(21)8-6-16/h3-8,13,24H,9-12H2,1-2H3,(H,22,25)(H,23,26). The van der Waals surface area contributed by atoms with Crippen molar-refractivity contribution in [1.29, 1.82) is 0 Å². The van der Waals surface area contributed by atoms with Crippen LogP contribution in [-0.2, 0) is 14.8 Å². The van der Waals surface area contributed by atoms with Gasteiger partial charge in [0.15, 0.2) is 0 Å². The number of benzene rings is 2. The molecule has 156 valence electrons. The van der Waals surface area contributed by atoms with Gasteiger partial charge in [0.05, 0.1) is 4.90 Å². The summed E-state index contributed by atoms with van der Waals surface area (Å²) < 4.78 is 27.2. The molecule has 2 aromatic rings. The van der Waals surface area contributed by atoms with Crippen LogP contribution in [0.3, 0.4) is 0 Å². The topological polar surface area (TPSA) is 104 Å².